The van der Waals surface area contributed by atoms with Gasteiger partial charge in [-0.05, 0) is 20.8 Å². The Labute approximate surface area is 121 Å². The molecule has 1 amide bonds. The van der Waals surface area contributed by atoms with E-state index in [1.165, 1.54) is 18.4 Å². The molecule has 1 aromatic rings. The van der Waals surface area contributed by atoms with Crippen LogP contribution in [-0.2, 0) is 20.7 Å². The average Bonchev–Trinajstić information content (AvgIpc) is 2.70. The predicted octanol–water partition coefficient (Wildman–Crippen LogP) is 1.33. The standard InChI is InChI=1S/C12H19N3O4S/c1-12(2,3)19-11(17)15-8(9(16)18-4)5-7-6-20-10(13)14-7/h6,8H,5H2,1-4H3,(H2,13,14)(H,15,17). The first-order valence-electron chi connectivity index (χ1n) is 5.98. The highest BCUT2D eigenvalue weighted by Gasteiger charge is 2.26. The van der Waals surface area contributed by atoms with Gasteiger partial charge >= 0.3 is 12.1 Å². The van der Waals surface area contributed by atoms with Gasteiger partial charge in [0.15, 0.2) is 5.13 Å². The Hall–Kier alpha value is -1.83. The topological polar surface area (TPSA) is 104 Å². The number of hydrogen-bond donors (Lipinski definition) is 2. The number of esters is 1. The van der Waals surface area contributed by atoms with Crippen LogP contribution in [0.4, 0.5) is 9.93 Å². The van der Waals surface area contributed by atoms with Gasteiger partial charge in [0.05, 0.1) is 12.8 Å². The van der Waals surface area contributed by atoms with Crippen molar-refractivity contribution in [1.82, 2.24) is 10.3 Å². The number of methoxy groups -OCH3 is 1. The van der Waals surface area contributed by atoms with Gasteiger partial charge in [0, 0.05) is 11.8 Å². The highest BCUT2D eigenvalue weighted by atomic mass is 32.1. The normalized spacial score (nSPS) is 12.6. The lowest BCUT2D eigenvalue weighted by molar-refractivity contribution is -0.143. The fourth-order valence-electron chi connectivity index (χ4n) is 1.41. The van der Waals surface area contributed by atoms with Crippen molar-refractivity contribution >= 4 is 28.5 Å². The third-order valence-corrected chi connectivity index (χ3v) is 2.88. The third-order valence-electron chi connectivity index (χ3n) is 2.16. The monoisotopic (exact) mass is 301 g/mol. The zero-order valence-corrected chi connectivity index (χ0v) is 12.7. The number of ether oxygens (including phenoxy) is 2. The molecule has 0 aliphatic rings. The Balaban J connectivity index is 2.70. The van der Waals surface area contributed by atoms with Crippen LogP contribution in [0.1, 0.15) is 26.5 Å². The first-order valence-corrected chi connectivity index (χ1v) is 6.86. The fraction of sp³-hybridized carbons (Fsp3) is 0.583. The van der Waals surface area contributed by atoms with Gasteiger partial charge in [-0.15, -0.1) is 11.3 Å². The average molecular weight is 301 g/mol. The van der Waals surface area contributed by atoms with Gasteiger partial charge in [-0.3, -0.25) is 0 Å². The summed E-state index contributed by atoms with van der Waals surface area (Å²) in [6, 6.07) is -0.864. The van der Waals surface area contributed by atoms with E-state index in [9.17, 15) is 9.59 Å². The second kappa shape index (κ2) is 6.56. The maximum Gasteiger partial charge on any atom is 0.408 e. The van der Waals surface area contributed by atoms with E-state index in [-0.39, 0.29) is 6.42 Å². The minimum atomic E-state index is -0.864. The smallest absolute Gasteiger partial charge is 0.408 e. The number of nitrogens with zero attached hydrogens (tertiary/aromatic N) is 1. The molecule has 0 spiro atoms. The molecule has 0 aromatic carbocycles. The summed E-state index contributed by atoms with van der Waals surface area (Å²) in [5.41, 5.74) is 5.49. The lowest BCUT2D eigenvalue weighted by Gasteiger charge is -2.22. The van der Waals surface area contributed by atoms with Crippen molar-refractivity contribution in [3.63, 3.8) is 0 Å². The van der Waals surface area contributed by atoms with E-state index >= 15 is 0 Å². The van der Waals surface area contributed by atoms with Crippen LogP contribution in [0.15, 0.2) is 5.38 Å². The van der Waals surface area contributed by atoms with Gasteiger partial charge in [0.25, 0.3) is 0 Å². The Morgan fingerprint density at radius 1 is 1.50 bits per heavy atom. The molecule has 1 aromatic heterocycles. The molecular formula is C12H19N3O4S. The van der Waals surface area contributed by atoms with Crippen LogP contribution in [0.25, 0.3) is 0 Å². The second-order valence-corrected chi connectivity index (χ2v) is 5.99. The van der Waals surface area contributed by atoms with Crippen LogP contribution < -0.4 is 11.1 Å². The number of nitrogens with one attached hydrogen (secondary N) is 1. The van der Waals surface area contributed by atoms with Gasteiger partial charge in [0.1, 0.15) is 11.6 Å². The number of nitrogens with two attached hydrogens (primary N) is 1. The molecule has 8 heteroatoms. The largest absolute Gasteiger partial charge is 0.467 e. The first-order chi connectivity index (χ1) is 9.21. The number of hydrogen-bond acceptors (Lipinski definition) is 7. The molecule has 20 heavy (non-hydrogen) atoms. The van der Waals surface area contributed by atoms with Crippen LogP contribution in [0.3, 0.4) is 0 Å². The van der Waals surface area contributed by atoms with E-state index in [1.807, 2.05) is 0 Å². The number of carbonyl (C=O) groups excluding carboxylic acids is 2. The maximum absolute atomic E-state index is 11.7. The summed E-state index contributed by atoms with van der Waals surface area (Å²) in [6.45, 7) is 5.21. The SMILES string of the molecule is COC(=O)C(Cc1csc(N)n1)NC(=O)OC(C)(C)C. The minimum Gasteiger partial charge on any atom is -0.467 e. The lowest BCUT2D eigenvalue weighted by atomic mass is 10.1. The number of alkyl carbamates (subject to hydrolysis) is 1. The van der Waals surface area contributed by atoms with Crippen molar-refractivity contribution in [2.24, 2.45) is 0 Å². The fourth-order valence-corrected chi connectivity index (χ4v) is 1.99. The number of anilines is 1. The molecule has 1 heterocycles. The van der Waals surface area contributed by atoms with E-state index in [2.05, 4.69) is 15.0 Å². The molecule has 0 saturated carbocycles. The molecule has 0 saturated heterocycles. The van der Waals surface area contributed by atoms with Gasteiger partial charge in [-0.1, -0.05) is 0 Å². The molecule has 1 unspecified atom stereocenters. The molecule has 7 nitrogen and oxygen atoms in total. The Morgan fingerprint density at radius 2 is 2.15 bits per heavy atom. The van der Waals surface area contributed by atoms with Crippen molar-refractivity contribution < 1.29 is 19.1 Å². The summed E-state index contributed by atoms with van der Waals surface area (Å²) >= 11 is 1.27. The van der Waals surface area contributed by atoms with Crippen LogP contribution in [0.2, 0.25) is 0 Å². The number of carbonyl (C=O) groups is 2. The Kier molecular flexibility index (Phi) is 5.32. The van der Waals surface area contributed by atoms with E-state index in [4.69, 9.17) is 10.5 Å². The first kappa shape index (κ1) is 16.2. The molecule has 0 aliphatic carbocycles. The Morgan fingerprint density at radius 3 is 2.60 bits per heavy atom. The van der Waals surface area contributed by atoms with E-state index in [1.54, 1.807) is 26.2 Å². The Bertz CT molecular complexity index is 481. The number of aromatic nitrogens is 1. The van der Waals surface area contributed by atoms with Crippen LogP contribution in [0.5, 0.6) is 0 Å². The van der Waals surface area contributed by atoms with Crippen molar-refractivity contribution in [3.8, 4) is 0 Å². The highest BCUT2D eigenvalue weighted by Crippen LogP contribution is 2.13. The summed E-state index contributed by atoms with van der Waals surface area (Å²) < 4.78 is 9.76. The molecule has 0 bridgehead atoms. The van der Waals surface area contributed by atoms with Crippen molar-refractivity contribution in [1.29, 1.82) is 0 Å². The zero-order chi connectivity index (χ0) is 15.3. The number of nitrogen functional groups attached to an aromatic ring is 1. The third kappa shape index (κ3) is 5.43. The number of thiazole rings is 1. The molecule has 0 radical (unpaired) electrons. The summed E-state index contributed by atoms with van der Waals surface area (Å²) in [7, 11) is 1.25. The molecule has 3 N–H and O–H groups in total. The van der Waals surface area contributed by atoms with Gasteiger partial charge in [0.2, 0.25) is 0 Å². The maximum atomic E-state index is 11.7. The number of rotatable bonds is 4. The van der Waals surface area contributed by atoms with Crippen LogP contribution in [-0.4, -0.2) is 35.8 Å². The quantitative estimate of drug-likeness (QED) is 0.813. The van der Waals surface area contributed by atoms with E-state index in [0.29, 0.717) is 10.8 Å². The van der Waals surface area contributed by atoms with Crippen molar-refractivity contribution in [3.05, 3.63) is 11.1 Å². The summed E-state index contributed by atoms with van der Waals surface area (Å²) in [6.07, 6.45) is -0.490. The minimum absolute atomic E-state index is 0.194. The van der Waals surface area contributed by atoms with Crippen LogP contribution in [0, 0.1) is 0 Å². The summed E-state index contributed by atoms with van der Waals surface area (Å²) in [5, 5.41) is 4.60. The highest BCUT2D eigenvalue weighted by molar-refractivity contribution is 7.13. The summed E-state index contributed by atoms with van der Waals surface area (Å²) in [4.78, 5) is 27.4. The predicted molar refractivity (Wildman–Crippen MR) is 75.4 cm³/mol. The number of amides is 1. The van der Waals surface area contributed by atoms with Crippen molar-refractivity contribution in [2.75, 3.05) is 12.8 Å². The van der Waals surface area contributed by atoms with E-state index < -0.39 is 23.7 Å². The van der Waals surface area contributed by atoms with Gasteiger partial charge in [-0.2, -0.15) is 0 Å². The lowest BCUT2D eigenvalue weighted by Crippen LogP contribution is -2.45. The molecule has 0 fully saturated rings. The zero-order valence-electron chi connectivity index (χ0n) is 11.9. The molecule has 1 rings (SSSR count). The van der Waals surface area contributed by atoms with Gasteiger partial charge in [-0.25, -0.2) is 14.6 Å². The molecule has 112 valence electrons. The molecular weight excluding hydrogens is 282 g/mol. The van der Waals surface area contributed by atoms with Crippen molar-refractivity contribution in [2.45, 2.75) is 38.8 Å². The second-order valence-electron chi connectivity index (χ2n) is 5.10. The molecule has 0 aliphatic heterocycles. The van der Waals surface area contributed by atoms with E-state index in [0.717, 1.165) is 0 Å². The van der Waals surface area contributed by atoms with Crippen LogP contribution >= 0.6 is 11.3 Å². The molecule has 1 atom stereocenters. The summed E-state index contributed by atoms with van der Waals surface area (Å²) in [5.74, 6) is -0.567. The van der Waals surface area contributed by atoms with Gasteiger partial charge < -0.3 is 20.5 Å².